The molecular weight excluding hydrogens is 114 g/mol. The van der Waals surface area contributed by atoms with E-state index in [0.717, 1.165) is 6.54 Å². The third-order valence-corrected chi connectivity index (χ3v) is 1.72. The molecule has 0 unspecified atom stereocenters. The first-order valence-electron chi connectivity index (χ1n) is 3.53. The molecule has 0 aromatic heterocycles. The van der Waals surface area contributed by atoms with Gasteiger partial charge < -0.3 is 10.0 Å². The molecule has 54 valence electrons. The van der Waals surface area contributed by atoms with Crippen LogP contribution in [-0.2, 0) is 0 Å². The molecule has 1 atom stereocenters. The molecule has 0 radical (unpaired) electrons. The zero-order valence-corrected chi connectivity index (χ0v) is 6.17. The molecule has 1 aliphatic rings. The third-order valence-electron chi connectivity index (χ3n) is 1.72. The maximum Gasteiger partial charge on any atom is 0.0695 e. The number of hydrogen-bond acceptors (Lipinski definition) is 2. The molecule has 1 fully saturated rings. The van der Waals surface area contributed by atoms with Crippen LogP contribution in [0, 0.1) is 5.92 Å². The molecule has 0 heterocycles. The normalized spacial score (nSPS) is 22.7. The highest BCUT2D eigenvalue weighted by Crippen LogP contribution is 2.32. The molecule has 1 rings (SSSR count). The summed E-state index contributed by atoms with van der Waals surface area (Å²) in [7, 11) is 3.98. The summed E-state index contributed by atoms with van der Waals surface area (Å²) >= 11 is 0. The smallest absolute Gasteiger partial charge is 0.0695 e. The van der Waals surface area contributed by atoms with Crippen LogP contribution in [0.4, 0.5) is 0 Å². The Hall–Kier alpha value is -0.0800. The van der Waals surface area contributed by atoms with Gasteiger partial charge in [-0.1, -0.05) is 0 Å². The lowest BCUT2D eigenvalue weighted by Gasteiger charge is -2.14. The van der Waals surface area contributed by atoms with Crippen LogP contribution in [-0.4, -0.2) is 36.8 Å². The van der Waals surface area contributed by atoms with Crippen LogP contribution < -0.4 is 0 Å². The van der Waals surface area contributed by atoms with Crippen molar-refractivity contribution in [3.05, 3.63) is 0 Å². The summed E-state index contributed by atoms with van der Waals surface area (Å²) in [6.07, 6.45) is 2.39. The minimum Gasteiger partial charge on any atom is -0.392 e. The van der Waals surface area contributed by atoms with Crippen LogP contribution in [0.5, 0.6) is 0 Å². The Morgan fingerprint density at radius 1 is 1.56 bits per heavy atom. The maximum atomic E-state index is 9.32. The predicted molar refractivity (Wildman–Crippen MR) is 37.3 cm³/mol. The van der Waals surface area contributed by atoms with Gasteiger partial charge in [0.1, 0.15) is 0 Å². The molecule has 9 heavy (non-hydrogen) atoms. The van der Waals surface area contributed by atoms with Gasteiger partial charge >= 0.3 is 0 Å². The number of hydrogen-bond donors (Lipinski definition) is 1. The van der Waals surface area contributed by atoms with E-state index in [0.29, 0.717) is 5.92 Å². The Bertz CT molecular complexity index is 88.9. The molecule has 2 nitrogen and oxygen atoms in total. The van der Waals surface area contributed by atoms with Crippen LogP contribution >= 0.6 is 0 Å². The van der Waals surface area contributed by atoms with Gasteiger partial charge in [0.05, 0.1) is 6.10 Å². The fourth-order valence-corrected chi connectivity index (χ4v) is 1.00. The summed E-state index contributed by atoms with van der Waals surface area (Å²) < 4.78 is 0. The molecule has 1 saturated carbocycles. The molecule has 0 aliphatic heterocycles. The van der Waals surface area contributed by atoms with Gasteiger partial charge in [0.25, 0.3) is 0 Å². The second-order valence-electron chi connectivity index (χ2n) is 3.17. The van der Waals surface area contributed by atoms with E-state index in [2.05, 4.69) is 0 Å². The van der Waals surface area contributed by atoms with Gasteiger partial charge in [-0.05, 0) is 32.9 Å². The number of aliphatic hydroxyl groups is 1. The molecule has 0 saturated heterocycles. The Labute approximate surface area is 56.5 Å². The molecule has 2 heteroatoms. The summed E-state index contributed by atoms with van der Waals surface area (Å²) in [6.45, 7) is 0.824. The highest BCUT2D eigenvalue weighted by atomic mass is 16.3. The maximum absolute atomic E-state index is 9.32. The van der Waals surface area contributed by atoms with Gasteiger partial charge in [-0.2, -0.15) is 0 Å². The van der Waals surface area contributed by atoms with E-state index in [1.165, 1.54) is 12.8 Å². The second kappa shape index (κ2) is 2.67. The summed E-state index contributed by atoms with van der Waals surface area (Å²) in [5.74, 6) is 0.618. The van der Waals surface area contributed by atoms with Crippen LogP contribution in [0.15, 0.2) is 0 Å². The average Bonchev–Trinajstić information content (AvgIpc) is 2.40. The third kappa shape index (κ3) is 2.33. The van der Waals surface area contributed by atoms with Crippen molar-refractivity contribution in [1.29, 1.82) is 0 Å². The van der Waals surface area contributed by atoms with Crippen molar-refractivity contribution in [2.45, 2.75) is 18.9 Å². The standard InChI is InChI=1S/C7H15NO/c1-8(2)5-7(9)6-3-4-6/h6-7,9H,3-5H2,1-2H3/t7-/m1/s1. The van der Waals surface area contributed by atoms with Gasteiger partial charge in [0.15, 0.2) is 0 Å². The Kier molecular flexibility index (Phi) is 2.09. The first-order chi connectivity index (χ1) is 4.20. The number of rotatable bonds is 3. The molecule has 1 aliphatic carbocycles. The van der Waals surface area contributed by atoms with Crippen molar-refractivity contribution in [3.8, 4) is 0 Å². The quantitative estimate of drug-likeness (QED) is 0.593. The molecule has 0 aromatic carbocycles. The zero-order chi connectivity index (χ0) is 6.85. The van der Waals surface area contributed by atoms with E-state index in [-0.39, 0.29) is 6.10 Å². The van der Waals surface area contributed by atoms with E-state index in [1.54, 1.807) is 0 Å². The first kappa shape index (κ1) is 7.03. The lowest BCUT2D eigenvalue weighted by molar-refractivity contribution is 0.116. The van der Waals surface area contributed by atoms with Crippen molar-refractivity contribution in [2.75, 3.05) is 20.6 Å². The van der Waals surface area contributed by atoms with Crippen molar-refractivity contribution < 1.29 is 5.11 Å². The summed E-state index contributed by atoms with van der Waals surface area (Å²) in [4.78, 5) is 2.03. The fourth-order valence-electron chi connectivity index (χ4n) is 1.00. The highest BCUT2D eigenvalue weighted by Gasteiger charge is 2.29. The SMILES string of the molecule is CN(C)C[C@@H](O)C1CC1. The van der Waals surface area contributed by atoms with Crippen molar-refractivity contribution in [3.63, 3.8) is 0 Å². The van der Waals surface area contributed by atoms with Gasteiger partial charge in [-0.25, -0.2) is 0 Å². The van der Waals surface area contributed by atoms with Crippen LogP contribution in [0.2, 0.25) is 0 Å². The Balaban J connectivity index is 2.10. The van der Waals surface area contributed by atoms with Gasteiger partial charge in [0, 0.05) is 6.54 Å². The predicted octanol–water partition coefficient (Wildman–Crippen LogP) is 0.319. The van der Waals surface area contributed by atoms with E-state index < -0.39 is 0 Å². The van der Waals surface area contributed by atoms with Crippen LogP contribution in [0.1, 0.15) is 12.8 Å². The fraction of sp³-hybridized carbons (Fsp3) is 1.00. The van der Waals surface area contributed by atoms with Crippen LogP contribution in [0.25, 0.3) is 0 Å². The topological polar surface area (TPSA) is 23.5 Å². The molecule has 0 amide bonds. The Morgan fingerprint density at radius 3 is 2.44 bits per heavy atom. The van der Waals surface area contributed by atoms with Gasteiger partial charge in [-0.15, -0.1) is 0 Å². The van der Waals surface area contributed by atoms with E-state index in [4.69, 9.17) is 0 Å². The Morgan fingerprint density at radius 2 is 2.11 bits per heavy atom. The number of aliphatic hydroxyl groups excluding tert-OH is 1. The van der Waals surface area contributed by atoms with Gasteiger partial charge in [0.2, 0.25) is 0 Å². The average molecular weight is 129 g/mol. The lowest BCUT2D eigenvalue weighted by Crippen LogP contribution is -2.27. The minimum atomic E-state index is -0.0694. The van der Waals surface area contributed by atoms with E-state index >= 15 is 0 Å². The van der Waals surface area contributed by atoms with Gasteiger partial charge in [-0.3, -0.25) is 0 Å². The van der Waals surface area contributed by atoms with E-state index in [1.807, 2.05) is 19.0 Å². The van der Waals surface area contributed by atoms with E-state index in [9.17, 15) is 5.11 Å². The molecule has 1 N–H and O–H groups in total. The van der Waals surface area contributed by atoms with Crippen molar-refractivity contribution in [2.24, 2.45) is 5.92 Å². The summed E-state index contributed by atoms with van der Waals surface area (Å²) in [5.41, 5.74) is 0. The summed E-state index contributed by atoms with van der Waals surface area (Å²) in [5, 5.41) is 9.32. The number of nitrogens with zero attached hydrogens (tertiary/aromatic N) is 1. The van der Waals surface area contributed by atoms with Crippen molar-refractivity contribution >= 4 is 0 Å². The van der Waals surface area contributed by atoms with Crippen molar-refractivity contribution in [1.82, 2.24) is 4.90 Å². The first-order valence-corrected chi connectivity index (χ1v) is 3.53. The largest absolute Gasteiger partial charge is 0.392 e. The molecule has 0 bridgehead atoms. The zero-order valence-electron chi connectivity index (χ0n) is 6.17. The lowest BCUT2D eigenvalue weighted by atomic mass is 10.2. The second-order valence-corrected chi connectivity index (χ2v) is 3.17. The monoisotopic (exact) mass is 129 g/mol. The number of likely N-dealkylation sites (N-methyl/N-ethyl adjacent to an activating group) is 1. The molecular formula is C7H15NO. The minimum absolute atomic E-state index is 0.0694. The molecule has 0 aromatic rings. The highest BCUT2D eigenvalue weighted by molar-refractivity contribution is 4.81. The van der Waals surface area contributed by atoms with Crippen LogP contribution in [0.3, 0.4) is 0 Å². The summed E-state index contributed by atoms with van der Waals surface area (Å²) in [6, 6.07) is 0. The molecule has 0 spiro atoms.